The number of para-hydroxylation sites is 1. The fourth-order valence-electron chi connectivity index (χ4n) is 4.23. The van der Waals surface area contributed by atoms with E-state index in [4.69, 9.17) is 39.8 Å². The van der Waals surface area contributed by atoms with Crippen molar-refractivity contribution in [3.63, 3.8) is 0 Å². The van der Waals surface area contributed by atoms with Gasteiger partial charge in [-0.2, -0.15) is 0 Å². The Morgan fingerprint density at radius 1 is 1.10 bits per heavy atom. The first-order valence-electron chi connectivity index (χ1n) is 10.3. The number of benzene rings is 2. The number of aliphatic imine (C=N–C) groups is 1. The van der Waals surface area contributed by atoms with Gasteiger partial charge in [0, 0.05) is 33.4 Å². The molecule has 0 aliphatic heterocycles. The summed E-state index contributed by atoms with van der Waals surface area (Å²) in [4.78, 5) is 23.9. The molecule has 0 amide bonds. The van der Waals surface area contributed by atoms with Crippen molar-refractivity contribution in [1.82, 2.24) is 9.88 Å². The number of hydrogen-bond acceptors (Lipinski definition) is 3. The normalized spacial score (nSPS) is 17.5. The summed E-state index contributed by atoms with van der Waals surface area (Å²) in [6.07, 6.45) is 2.24. The topological polar surface area (TPSA) is 48.5 Å². The lowest BCUT2D eigenvalue weighted by Crippen LogP contribution is -2.29. The van der Waals surface area contributed by atoms with Crippen molar-refractivity contribution >= 4 is 51.4 Å². The summed E-state index contributed by atoms with van der Waals surface area (Å²) >= 11 is 19.0. The Balaban J connectivity index is 1.82. The largest absolute Gasteiger partial charge is 0.356 e. The van der Waals surface area contributed by atoms with Crippen LogP contribution in [0.2, 0.25) is 15.1 Å². The first-order chi connectivity index (χ1) is 14.8. The molecule has 1 unspecified atom stereocenters. The maximum atomic E-state index is 13.4. The number of nitrogens with zero attached hydrogens (tertiary/aromatic N) is 2. The lowest BCUT2D eigenvalue weighted by molar-refractivity contribution is 0.403. The number of rotatable bonds is 5. The molecular formula is C24H24Cl3N3O. The van der Waals surface area contributed by atoms with Crippen molar-refractivity contribution in [3.8, 4) is 0 Å². The van der Waals surface area contributed by atoms with Crippen LogP contribution in [-0.4, -0.2) is 42.8 Å². The lowest BCUT2D eigenvalue weighted by Gasteiger charge is -2.27. The number of H-pyrrole nitrogens is 1. The van der Waals surface area contributed by atoms with E-state index in [0.717, 1.165) is 29.9 Å². The van der Waals surface area contributed by atoms with Gasteiger partial charge in [-0.3, -0.25) is 9.79 Å². The number of fused-ring (bicyclic) bond motifs is 2. The number of halogens is 3. The second-order valence-corrected chi connectivity index (χ2v) is 9.48. The molecule has 7 heteroatoms. The molecule has 1 aromatic heterocycles. The highest BCUT2D eigenvalue weighted by molar-refractivity contribution is 6.35. The van der Waals surface area contributed by atoms with Crippen LogP contribution in [0.15, 0.2) is 46.2 Å². The SMILES string of the molecule is CN(C)CCCN=C1CC(c2ccc(Cl)cc2Cl)Cc2[nH]c3c(Cl)cccc3c(=O)c21. The first kappa shape index (κ1) is 22.3. The number of aromatic amines is 1. The van der Waals surface area contributed by atoms with Crippen LogP contribution in [-0.2, 0) is 6.42 Å². The molecule has 0 bridgehead atoms. The van der Waals surface area contributed by atoms with Crippen LogP contribution in [0.5, 0.6) is 0 Å². The van der Waals surface area contributed by atoms with E-state index < -0.39 is 0 Å². The van der Waals surface area contributed by atoms with Crippen molar-refractivity contribution < 1.29 is 0 Å². The smallest absolute Gasteiger partial charge is 0.198 e. The Morgan fingerprint density at radius 2 is 1.90 bits per heavy atom. The van der Waals surface area contributed by atoms with Crippen LogP contribution < -0.4 is 5.43 Å². The van der Waals surface area contributed by atoms with E-state index in [-0.39, 0.29) is 11.3 Å². The van der Waals surface area contributed by atoms with Crippen molar-refractivity contribution in [2.45, 2.75) is 25.2 Å². The molecule has 0 saturated carbocycles. The van der Waals surface area contributed by atoms with Gasteiger partial charge in [-0.05, 0) is 75.6 Å². The molecule has 31 heavy (non-hydrogen) atoms. The molecule has 1 heterocycles. The van der Waals surface area contributed by atoms with Gasteiger partial charge in [-0.1, -0.05) is 46.9 Å². The average Bonchev–Trinajstić information content (AvgIpc) is 2.71. The molecule has 1 aliphatic rings. The Labute approximate surface area is 196 Å². The van der Waals surface area contributed by atoms with Gasteiger partial charge in [0.1, 0.15) is 0 Å². The van der Waals surface area contributed by atoms with Crippen LogP contribution in [0, 0.1) is 0 Å². The molecule has 0 saturated heterocycles. The Kier molecular flexibility index (Phi) is 6.73. The van der Waals surface area contributed by atoms with E-state index in [2.05, 4.69) is 9.88 Å². The molecule has 4 nitrogen and oxygen atoms in total. The van der Waals surface area contributed by atoms with Crippen LogP contribution in [0.4, 0.5) is 0 Å². The van der Waals surface area contributed by atoms with Gasteiger partial charge in [0.15, 0.2) is 5.43 Å². The highest BCUT2D eigenvalue weighted by atomic mass is 35.5. The fourth-order valence-corrected chi connectivity index (χ4v) is 5.02. The second-order valence-electron chi connectivity index (χ2n) is 8.23. The predicted molar refractivity (Wildman–Crippen MR) is 132 cm³/mol. The summed E-state index contributed by atoms with van der Waals surface area (Å²) in [7, 11) is 4.09. The van der Waals surface area contributed by atoms with Crippen LogP contribution in [0.25, 0.3) is 10.9 Å². The molecule has 1 N–H and O–H groups in total. The van der Waals surface area contributed by atoms with Crippen LogP contribution in [0.3, 0.4) is 0 Å². The minimum Gasteiger partial charge on any atom is -0.356 e. The third-order valence-corrected chi connectivity index (χ3v) is 6.59. The van der Waals surface area contributed by atoms with Gasteiger partial charge in [-0.15, -0.1) is 0 Å². The Bertz CT molecular complexity index is 1220. The number of pyridine rings is 1. The molecule has 4 rings (SSSR count). The van der Waals surface area contributed by atoms with Gasteiger partial charge in [0.2, 0.25) is 0 Å². The zero-order valence-electron chi connectivity index (χ0n) is 17.5. The molecular weight excluding hydrogens is 453 g/mol. The summed E-state index contributed by atoms with van der Waals surface area (Å²) in [6, 6.07) is 11.0. The highest BCUT2D eigenvalue weighted by Crippen LogP contribution is 2.37. The first-order valence-corrected chi connectivity index (χ1v) is 11.4. The molecule has 2 aromatic carbocycles. The maximum absolute atomic E-state index is 13.4. The van der Waals surface area contributed by atoms with Crippen molar-refractivity contribution in [3.05, 3.63) is 78.5 Å². The number of hydrogen-bond donors (Lipinski definition) is 1. The lowest BCUT2D eigenvalue weighted by atomic mass is 9.80. The quantitative estimate of drug-likeness (QED) is 0.462. The van der Waals surface area contributed by atoms with Gasteiger partial charge in [0.25, 0.3) is 0 Å². The van der Waals surface area contributed by atoms with Crippen molar-refractivity contribution in [2.24, 2.45) is 4.99 Å². The average molecular weight is 477 g/mol. The van der Waals surface area contributed by atoms with Crippen LogP contribution >= 0.6 is 34.8 Å². The molecule has 0 spiro atoms. The minimum absolute atomic E-state index is 0.0155. The van der Waals surface area contributed by atoms with E-state index in [0.29, 0.717) is 50.9 Å². The number of aromatic nitrogens is 1. The van der Waals surface area contributed by atoms with Gasteiger partial charge in [-0.25, -0.2) is 0 Å². The standard InChI is InChI=1S/C24H24Cl3N3O/c1-30(2)10-4-9-28-20-11-14(16-8-7-15(25)13-19(16)27)12-21-22(20)24(31)17-5-3-6-18(26)23(17)29-21/h3,5-8,13-14H,4,9-12H2,1-2H3,(H,29,31). The van der Waals surface area contributed by atoms with Crippen molar-refractivity contribution in [2.75, 3.05) is 27.2 Å². The summed E-state index contributed by atoms with van der Waals surface area (Å²) in [5.74, 6) is 0.0976. The van der Waals surface area contributed by atoms with Crippen molar-refractivity contribution in [1.29, 1.82) is 0 Å². The third-order valence-electron chi connectivity index (χ3n) is 5.71. The van der Waals surface area contributed by atoms with E-state index in [1.165, 1.54) is 0 Å². The van der Waals surface area contributed by atoms with Crippen LogP contribution in [0.1, 0.15) is 35.6 Å². The molecule has 1 aliphatic carbocycles. The molecule has 1 atom stereocenters. The highest BCUT2D eigenvalue weighted by Gasteiger charge is 2.29. The summed E-state index contributed by atoms with van der Waals surface area (Å²) in [5.41, 5.74) is 4.04. The van der Waals surface area contributed by atoms with E-state index in [9.17, 15) is 4.79 Å². The van der Waals surface area contributed by atoms with E-state index in [1.54, 1.807) is 18.2 Å². The molecule has 3 aromatic rings. The summed E-state index contributed by atoms with van der Waals surface area (Å²) in [5, 5.41) is 2.37. The van der Waals surface area contributed by atoms with Gasteiger partial charge >= 0.3 is 0 Å². The summed E-state index contributed by atoms with van der Waals surface area (Å²) in [6.45, 7) is 1.61. The maximum Gasteiger partial charge on any atom is 0.198 e. The second kappa shape index (κ2) is 9.33. The Hall–Kier alpha value is -1.85. The minimum atomic E-state index is -0.0155. The number of nitrogens with one attached hydrogen (secondary N) is 1. The van der Waals surface area contributed by atoms with Gasteiger partial charge < -0.3 is 9.88 Å². The molecule has 0 radical (unpaired) electrons. The zero-order valence-corrected chi connectivity index (χ0v) is 19.8. The van der Waals surface area contributed by atoms with E-state index in [1.807, 2.05) is 32.3 Å². The van der Waals surface area contributed by atoms with Gasteiger partial charge in [0.05, 0.1) is 16.1 Å². The predicted octanol–water partition coefficient (Wildman–Crippen LogP) is 5.96. The van der Waals surface area contributed by atoms with E-state index >= 15 is 0 Å². The fraction of sp³-hybridized carbons (Fsp3) is 0.333. The Morgan fingerprint density at radius 3 is 2.65 bits per heavy atom. The molecule has 162 valence electrons. The zero-order chi connectivity index (χ0) is 22.1. The monoisotopic (exact) mass is 475 g/mol. The third kappa shape index (κ3) is 4.68. The summed E-state index contributed by atoms with van der Waals surface area (Å²) < 4.78 is 0. The molecule has 0 fully saturated rings.